The smallest absolute Gasteiger partial charge is 0.120 e. The lowest BCUT2D eigenvalue weighted by atomic mass is 9.74. The Labute approximate surface area is 123 Å². The SMILES string of the molecule is C/C=C/COc1cc(C)c(C(C)C(C)(C)CO)c(C)c1. The molecule has 0 aliphatic heterocycles. The Morgan fingerprint density at radius 2 is 1.80 bits per heavy atom. The molecule has 1 aromatic carbocycles. The van der Waals surface area contributed by atoms with Gasteiger partial charge in [-0.05, 0) is 60.9 Å². The molecule has 0 saturated carbocycles. The van der Waals surface area contributed by atoms with Crippen LogP contribution in [0.2, 0.25) is 0 Å². The van der Waals surface area contributed by atoms with Crippen molar-refractivity contribution < 1.29 is 9.84 Å². The molecular formula is C18H28O2. The Morgan fingerprint density at radius 3 is 2.25 bits per heavy atom. The van der Waals surface area contributed by atoms with Crippen LogP contribution in [-0.2, 0) is 0 Å². The van der Waals surface area contributed by atoms with E-state index < -0.39 is 0 Å². The largest absolute Gasteiger partial charge is 0.490 e. The quantitative estimate of drug-likeness (QED) is 0.781. The van der Waals surface area contributed by atoms with Crippen molar-refractivity contribution in [3.8, 4) is 5.75 Å². The molecule has 0 spiro atoms. The van der Waals surface area contributed by atoms with Crippen molar-refractivity contribution in [1.29, 1.82) is 0 Å². The van der Waals surface area contributed by atoms with E-state index in [4.69, 9.17) is 4.74 Å². The highest BCUT2D eigenvalue weighted by molar-refractivity contribution is 5.43. The highest BCUT2D eigenvalue weighted by Crippen LogP contribution is 2.39. The first kappa shape index (κ1) is 16.8. The highest BCUT2D eigenvalue weighted by Gasteiger charge is 2.28. The second-order valence-corrected chi connectivity index (χ2v) is 6.22. The van der Waals surface area contributed by atoms with Crippen LogP contribution in [0.5, 0.6) is 5.75 Å². The van der Waals surface area contributed by atoms with Crippen molar-refractivity contribution in [2.24, 2.45) is 5.41 Å². The third-order valence-electron chi connectivity index (χ3n) is 4.16. The molecule has 112 valence electrons. The summed E-state index contributed by atoms with van der Waals surface area (Å²) in [5, 5.41) is 9.57. The van der Waals surface area contributed by atoms with Crippen molar-refractivity contribution in [3.05, 3.63) is 41.0 Å². The minimum absolute atomic E-state index is 0.122. The Morgan fingerprint density at radius 1 is 1.25 bits per heavy atom. The zero-order valence-corrected chi connectivity index (χ0v) is 13.7. The topological polar surface area (TPSA) is 29.5 Å². The van der Waals surface area contributed by atoms with E-state index in [0.717, 1.165) is 5.75 Å². The fraction of sp³-hybridized carbons (Fsp3) is 0.556. The number of aryl methyl sites for hydroxylation is 2. The van der Waals surface area contributed by atoms with Crippen LogP contribution in [0.1, 0.15) is 50.3 Å². The number of ether oxygens (including phenoxy) is 1. The second kappa shape index (κ2) is 6.94. The minimum Gasteiger partial charge on any atom is -0.490 e. The highest BCUT2D eigenvalue weighted by atomic mass is 16.5. The summed E-state index contributed by atoms with van der Waals surface area (Å²) in [6, 6.07) is 4.19. The van der Waals surface area contributed by atoms with Gasteiger partial charge >= 0.3 is 0 Å². The average Bonchev–Trinajstić information content (AvgIpc) is 2.38. The van der Waals surface area contributed by atoms with Gasteiger partial charge in [-0.3, -0.25) is 0 Å². The maximum atomic E-state index is 9.57. The normalized spacial score (nSPS) is 13.8. The van der Waals surface area contributed by atoms with Crippen LogP contribution in [0.3, 0.4) is 0 Å². The number of hydrogen-bond donors (Lipinski definition) is 1. The lowest BCUT2D eigenvalue weighted by molar-refractivity contribution is 0.136. The number of hydrogen-bond acceptors (Lipinski definition) is 2. The van der Waals surface area contributed by atoms with E-state index in [1.165, 1.54) is 16.7 Å². The zero-order chi connectivity index (χ0) is 15.3. The number of benzene rings is 1. The molecule has 0 radical (unpaired) electrons. The van der Waals surface area contributed by atoms with Crippen molar-refractivity contribution in [2.45, 2.75) is 47.5 Å². The van der Waals surface area contributed by atoms with Gasteiger partial charge in [0.1, 0.15) is 12.4 Å². The maximum absolute atomic E-state index is 9.57. The molecule has 0 fully saturated rings. The summed E-state index contributed by atoms with van der Waals surface area (Å²) in [6.45, 7) is 13.4. The summed E-state index contributed by atoms with van der Waals surface area (Å²) < 4.78 is 5.72. The molecular weight excluding hydrogens is 248 g/mol. The molecule has 0 amide bonds. The van der Waals surface area contributed by atoms with E-state index in [1.807, 2.05) is 19.1 Å². The standard InChI is InChI=1S/C18H28O2/c1-7-8-9-20-16-10-13(2)17(14(3)11-16)15(4)18(5,6)12-19/h7-8,10-11,15,19H,9,12H2,1-6H3/b8-7+. The molecule has 20 heavy (non-hydrogen) atoms. The van der Waals surface area contributed by atoms with Gasteiger partial charge in [0.05, 0.1) is 0 Å². The average molecular weight is 276 g/mol. The first-order chi connectivity index (χ1) is 9.33. The van der Waals surface area contributed by atoms with Crippen molar-refractivity contribution in [3.63, 3.8) is 0 Å². The molecule has 0 aromatic heterocycles. The van der Waals surface area contributed by atoms with Crippen LogP contribution in [-0.4, -0.2) is 18.3 Å². The van der Waals surface area contributed by atoms with Crippen LogP contribution in [0, 0.1) is 19.3 Å². The molecule has 1 atom stereocenters. The molecule has 2 nitrogen and oxygen atoms in total. The lowest BCUT2D eigenvalue weighted by Crippen LogP contribution is -2.25. The van der Waals surface area contributed by atoms with Gasteiger partial charge < -0.3 is 9.84 Å². The fourth-order valence-electron chi connectivity index (χ4n) is 2.47. The van der Waals surface area contributed by atoms with Crippen LogP contribution in [0.25, 0.3) is 0 Å². The number of aliphatic hydroxyl groups is 1. The molecule has 2 heteroatoms. The molecule has 0 heterocycles. The lowest BCUT2D eigenvalue weighted by Gasteiger charge is -2.32. The van der Waals surface area contributed by atoms with Crippen molar-refractivity contribution >= 4 is 0 Å². The Kier molecular flexibility index (Phi) is 5.82. The molecule has 1 aromatic rings. The van der Waals surface area contributed by atoms with Gasteiger partial charge in [0.2, 0.25) is 0 Å². The van der Waals surface area contributed by atoms with E-state index >= 15 is 0 Å². The van der Waals surface area contributed by atoms with Gasteiger partial charge in [0.15, 0.2) is 0 Å². The van der Waals surface area contributed by atoms with E-state index in [0.29, 0.717) is 12.5 Å². The molecule has 0 saturated heterocycles. The van der Waals surface area contributed by atoms with Gasteiger partial charge in [-0.2, -0.15) is 0 Å². The number of allylic oxidation sites excluding steroid dienone is 1. The summed E-state index contributed by atoms with van der Waals surface area (Å²) in [6.07, 6.45) is 3.98. The molecule has 1 N–H and O–H groups in total. The van der Waals surface area contributed by atoms with Gasteiger partial charge in [-0.1, -0.05) is 32.9 Å². The van der Waals surface area contributed by atoms with E-state index in [-0.39, 0.29) is 12.0 Å². The minimum atomic E-state index is -0.122. The Bertz CT molecular complexity index is 449. The fourth-order valence-corrected chi connectivity index (χ4v) is 2.47. The number of aliphatic hydroxyl groups excluding tert-OH is 1. The molecule has 1 unspecified atom stereocenters. The third kappa shape index (κ3) is 3.86. The molecule has 0 aliphatic rings. The zero-order valence-electron chi connectivity index (χ0n) is 13.7. The van der Waals surface area contributed by atoms with Gasteiger partial charge in [-0.15, -0.1) is 0 Å². The Hall–Kier alpha value is -1.28. The predicted octanol–water partition coefficient (Wildman–Crippen LogP) is 4.38. The third-order valence-corrected chi connectivity index (χ3v) is 4.16. The van der Waals surface area contributed by atoms with Crippen LogP contribution in [0.15, 0.2) is 24.3 Å². The van der Waals surface area contributed by atoms with Crippen molar-refractivity contribution in [2.75, 3.05) is 13.2 Å². The first-order valence-corrected chi connectivity index (χ1v) is 7.29. The van der Waals surface area contributed by atoms with E-state index in [1.54, 1.807) is 0 Å². The Balaban J connectivity index is 3.06. The molecule has 0 aliphatic carbocycles. The van der Waals surface area contributed by atoms with Crippen molar-refractivity contribution in [1.82, 2.24) is 0 Å². The van der Waals surface area contributed by atoms with Gasteiger partial charge in [-0.25, -0.2) is 0 Å². The summed E-state index contributed by atoms with van der Waals surface area (Å²) in [5.74, 6) is 1.22. The summed E-state index contributed by atoms with van der Waals surface area (Å²) >= 11 is 0. The monoisotopic (exact) mass is 276 g/mol. The van der Waals surface area contributed by atoms with E-state index in [2.05, 4.69) is 46.8 Å². The number of rotatable bonds is 6. The molecule has 1 rings (SSSR count). The van der Waals surface area contributed by atoms with Crippen LogP contribution in [0.4, 0.5) is 0 Å². The predicted molar refractivity (Wildman–Crippen MR) is 85.5 cm³/mol. The van der Waals surface area contributed by atoms with Crippen LogP contribution >= 0.6 is 0 Å². The summed E-state index contributed by atoms with van der Waals surface area (Å²) in [5.41, 5.74) is 3.66. The second-order valence-electron chi connectivity index (χ2n) is 6.22. The van der Waals surface area contributed by atoms with Crippen LogP contribution < -0.4 is 4.74 Å². The van der Waals surface area contributed by atoms with E-state index in [9.17, 15) is 5.11 Å². The maximum Gasteiger partial charge on any atom is 0.120 e. The molecule has 0 bridgehead atoms. The van der Waals surface area contributed by atoms with Gasteiger partial charge in [0.25, 0.3) is 0 Å². The van der Waals surface area contributed by atoms with Gasteiger partial charge in [0, 0.05) is 6.61 Å². The summed E-state index contributed by atoms with van der Waals surface area (Å²) in [7, 11) is 0. The first-order valence-electron chi connectivity index (χ1n) is 7.29. The summed E-state index contributed by atoms with van der Waals surface area (Å²) in [4.78, 5) is 0.